The molecule has 0 amide bonds. The van der Waals surface area contributed by atoms with Gasteiger partial charge >= 0.3 is 6.18 Å². The van der Waals surface area contributed by atoms with Crippen LogP contribution in [0.2, 0.25) is 0 Å². The van der Waals surface area contributed by atoms with Crippen LogP contribution in [0.15, 0.2) is 36.4 Å². The normalized spacial score (nSPS) is 12.6. The Labute approximate surface area is 150 Å². The molecule has 2 rings (SSSR count). The standard InChI is InChI=1S/C19H22F3NO3/c1-12(14-6-5-7-15(10-14)19(20,21)22)23-11-13-8-16(24-2)18(26-4)17(9-13)25-3/h5-10,12,23H,11H2,1-4H3. The summed E-state index contributed by atoms with van der Waals surface area (Å²) in [6.45, 7) is 2.24. The molecular weight excluding hydrogens is 347 g/mol. The number of alkyl halides is 3. The lowest BCUT2D eigenvalue weighted by molar-refractivity contribution is -0.137. The van der Waals surface area contributed by atoms with Crippen molar-refractivity contribution < 1.29 is 27.4 Å². The maximum atomic E-state index is 12.9. The summed E-state index contributed by atoms with van der Waals surface area (Å²) in [7, 11) is 4.58. The third-order valence-corrected chi connectivity index (χ3v) is 4.05. The maximum Gasteiger partial charge on any atom is 0.416 e. The molecule has 1 atom stereocenters. The molecule has 2 aromatic carbocycles. The van der Waals surface area contributed by atoms with Gasteiger partial charge in [0, 0.05) is 12.6 Å². The first-order chi connectivity index (χ1) is 12.3. The Balaban J connectivity index is 2.16. The quantitative estimate of drug-likeness (QED) is 0.775. The summed E-state index contributed by atoms with van der Waals surface area (Å²) in [5.41, 5.74) is 0.766. The van der Waals surface area contributed by atoms with Crippen molar-refractivity contribution in [3.05, 3.63) is 53.1 Å². The SMILES string of the molecule is COc1cc(CNC(C)c2cccc(C(F)(F)F)c2)cc(OC)c1OC. The van der Waals surface area contributed by atoms with Crippen molar-refractivity contribution in [2.24, 2.45) is 0 Å². The van der Waals surface area contributed by atoms with Crippen molar-refractivity contribution in [1.29, 1.82) is 0 Å². The molecule has 0 saturated heterocycles. The number of hydrogen-bond acceptors (Lipinski definition) is 4. The Morgan fingerprint density at radius 1 is 0.962 bits per heavy atom. The van der Waals surface area contributed by atoms with E-state index in [1.807, 2.05) is 6.92 Å². The van der Waals surface area contributed by atoms with Crippen LogP contribution in [0.4, 0.5) is 13.2 Å². The summed E-state index contributed by atoms with van der Waals surface area (Å²) in [5, 5.41) is 3.21. The molecule has 2 aromatic rings. The predicted molar refractivity (Wildman–Crippen MR) is 92.8 cm³/mol. The minimum absolute atomic E-state index is 0.267. The zero-order chi connectivity index (χ0) is 19.3. The minimum atomic E-state index is -4.35. The van der Waals surface area contributed by atoms with E-state index in [9.17, 15) is 13.2 Å². The second kappa shape index (κ2) is 8.31. The first-order valence-corrected chi connectivity index (χ1v) is 7.99. The number of ether oxygens (including phenoxy) is 3. The molecule has 4 nitrogen and oxygen atoms in total. The van der Waals surface area contributed by atoms with E-state index < -0.39 is 11.7 Å². The van der Waals surface area contributed by atoms with E-state index in [2.05, 4.69) is 5.32 Å². The molecule has 0 spiro atoms. The van der Waals surface area contributed by atoms with Crippen molar-refractivity contribution in [2.75, 3.05) is 21.3 Å². The highest BCUT2D eigenvalue weighted by Gasteiger charge is 2.30. The molecule has 0 aliphatic carbocycles. The highest BCUT2D eigenvalue weighted by atomic mass is 19.4. The van der Waals surface area contributed by atoms with Crippen molar-refractivity contribution in [1.82, 2.24) is 5.32 Å². The van der Waals surface area contributed by atoms with Gasteiger partial charge in [-0.2, -0.15) is 13.2 Å². The maximum absolute atomic E-state index is 12.9. The van der Waals surface area contributed by atoms with Crippen LogP contribution in [-0.4, -0.2) is 21.3 Å². The van der Waals surface area contributed by atoms with E-state index in [4.69, 9.17) is 14.2 Å². The van der Waals surface area contributed by atoms with Crippen LogP contribution in [0.1, 0.15) is 29.7 Å². The smallest absolute Gasteiger partial charge is 0.416 e. The van der Waals surface area contributed by atoms with Gasteiger partial charge < -0.3 is 19.5 Å². The van der Waals surface area contributed by atoms with Crippen LogP contribution in [0.3, 0.4) is 0 Å². The molecule has 1 unspecified atom stereocenters. The first-order valence-electron chi connectivity index (χ1n) is 7.99. The first kappa shape index (κ1) is 19.9. The molecule has 0 fully saturated rings. The predicted octanol–water partition coefficient (Wildman–Crippen LogP) is 4.58. The van der Waals surface area contributed by atoms with E-state index in [1.165, 1.54) is 27.4 Å². The fraction of sp³-hybridized carbons (Fsp3) is 0.368. The number of methoxy groups -OCH3 is 3. The lowest BCUT2D eigenvalue weighted by Crippen LogP contribution is -2.19. The average molecular weight is 369 g/mol. The molecule has 26 heavy (non-hydrogen) atoms. The second-order valence-electron chi connectivity index (χ2n) is 5.76. The van der Waals surface area contributed by atoms with Gasteiger partial charge in [-0.3, -0.25) is 0 Å². The summed E-state index contributed by atoms with van der Waals surface area (Å²) < 4.78 is 54.5. The number of nitrogens with one attached hydrogen (secondary N) is 1. The molecule has 0 aliphatic rings. The van der Waals surface area contributed by atoms with Crippen LogP contribution in [0.25, 0.3) is 0 Å². The molecule has 142 valence electrons. The molecule has 0 aromatic heterocycles. The lowest BCUT2D eigenvalue weighted by Gasteiger charge is -2.18. The fourth-order valence-electron chi connectivity index (χ4n) is 2.61. The number of hydrogen-bond donors (Lipinski definition) is 1. The zero-order valence-corrected chi connectivity index (χ0v) is 15.1. The average Bonchev–Trinajstić information content (AvgIpc) is 2.64. The summed E-state index contributed by atoms with van der Waals surface area (Å²) in [6, 6.07) is 8.64. The van der Waals surface area contributed by atoms with Crippen molar-refractivity contribution in [3.63, 3.8) is 0 Å². The molecule has 0 radical (unpaired) electrons. The largest absolute Gasteiger partial charge is 0.493 e. The Kier molecular flexibility index (Phi) is 6.37. The van der Waals surface area contributed by atoms with Crippen LogP contribution >= 0.6 is 0 Å². The van der Waals surface area contributed by atoms with Gasteiger partial charge in [-0.1, -0.05) is 12.1 Å². The lowest BCUT2D eigenvalue weighted by atomic mass is 10.0. The van der Waals surface area contributed by atoms with Gasteiger partial charge in [-0.25, -0.2) is 0 Å². The van der Waals surface area contributed by atoms with Gasteiger partial charge in [0.2, 0.25) is 5.75 Å². The van der Waals surface area contributed by atoms with Gasteiger partial charge in [-0.05, 0) is 42.3 Å². The van der Waals surface area contributed by atoms with E-state index in [0.717, 1.165) is 17.7 Å². The topological polar surface area (TPSA) is 39.7 Å². The van der Waals surface area contributed by atoms with Gasteiger partial charge in [0.15, 0.2) is 11.5 Å². The molecule has 0 bridgehead atoms. The highest BCUT2D eigenvalue weighted by Crippen LogP contribution is 2.38. The van der Waals surface area contributed by atoms with E-state index >= 15 is 0 Å². The summed E-state index contributed by atoms with van der Waals surface area (Å²) in [5.74, 6) is 1.54. The Morgan fingerprint density at radius 2 is 1.58 bits per heavy atom. The minimum Gasteiger partial charge on any atom is -0.493 e. The van der Waals surface area contributed by atoms with E-state index in [1.54, 1.807) is 18.2 Å². The third-order valence-electron chi connectivity index (χ3n) is 4.05. The molecule has 0 saturated carbocycles. The molecule has 1 N–H and O–H groups in total. The summed E-state index contributed by atoms with van der Waals surface area (Å²) >= 11 is 0. The Bertz CT molecular complexity index is 722. The summed E-state index contributed by atoms with van der Waals surface area (Å²) in [4.78, 5) is 0. The Hall–Kier alpha value is -2.41. The molecule has 0 heterocycles. The van der Waals surface area contributed by atoms with Gasteiger partial charge in [0.05, 0.1) is 26.9 Å². The van der Waals surface area contributed by atoms with Crippen LogP contribution < -0.4 is 19.5 Å². The van der Waals surface area contributed by atoms with E-state index in [0.29, 0.717) is 29.4 Å². The Morgan fingerprint density at radius 3 is 2.08 bits per heavy atom. The van der Waals surface area contributed by atoms with Crippen LogP contribution in [0, 0.1) is 0 Å². The number of rotatable bonds is 7. The van der Waals surface area contributed by atoms with Crippen molar-refractivity contribution >= 4 is 0 Å². The van der Waals surface area contributed by atoms with Gasteiger partial charge in [0.1, 0.15) is 0 Å². The van der Waals surface area contributed by atoms with Crippen LogP contribution in [-0.2, 0) is 12.7 Å². The van der Waals surface area contributed by atoms with Gasteiger partial charge in [0.25, 0.3) is 0 Å². The fourth-order valence-corrected chi connectivity index (χ4v) is 2.61. The monoisotopic (exact) mass is 369 g/mol. The van der Waals surface area contributed by atoms with Crippen LogP contribution in [0.5, 0.6) is 17.2 Å². The zero-order valence-electron chi connectivity index (χ0n) is 15.1. The molecule has 0 aliphatic heterocycles. The number of halogens is 3. The molecule has 7 heteroatoms. The second-order valence-corrected chi connectivity index (χ2v) is 5.76. The van der Waals surface area contributed by atoms with Crippen molar-refractivity contribution in [2.45, 2.75) is 25.7 Å². The van der Waals surface area contributed by atoms with E-state index in [-0.39, 0.29) is 6.04 Å². The third kappa shape index (κ3) is 4.60. The summed E-state index contributed by atoms with van der Waals surface area (Å²) in [6.07, 6.45) is -4.35. The number of benzene rings is 2. The highest BCUT2D eigenvalue weighted by molar-refractivity contribution is 5.53. The van der Waals surface area contributed by atoms with Crippen molar-refractivity contribution in [3.8, 4) is 17.2 Å². The van der Waals surface area contributed by atoms with Gasteiger partial charge in [-0.15, -0.1) is 0 Å². The molecular formula is C19H22F3NO3.